The summed E-state index contributed by atoms with van der Waals surface area (Å²) in [4.78, 5) is 16.0. The molecule has 0 N–H and O–H groups in total. The number of nitrogens with zero attached hydrogens (tertiary/aromatic N) is 2. The zero-order chi connectivity index (χ0) is 14.4. The largest absolute Gasteiger partial charge is 0.465 e. The van der Waals surface area contributed by atoms with Gasteiger partial charge in [0.1, 0.15) is 0 Å². The fourth-order valence-electron chi connectivity index (χ4n) is 2.34. The summed E-state index contributed by atoms with van der Waals surface area (Å²) in [7, 11) is 0. The van der Waals surface area contributed by atoms with Crippen molar-refractivity contribution < 1.29 is 9.53 Å². The molecule has 0 saturated carbocycles. The molecule has 1 aliphatic heterocycles. The summed E-state index contributed by atoms with van der Waals surface area (Å²) in [5, 5.41) is 0. The lowest BCUT2D eigenvalue weighted by molar-refractivity contribution is -0.144. The maximum absolute atomic E-state index is 11.4. The third-order valence-corrected chi connectivity index (χ3v) is 3.97. The van der Waals surface area contributed by atoms with Gasteiger partial charge in [0.15, 0.2) is 0 Å². The van der Waals surface area contributed by atoms with Crippen LogP contribution < -0.4 is 0 Å². The number of piperazine rings is 1. The molecule has 1 aromatic rings. The third kappa shape index (κ3) is 4.89. The Labute approximate surface area is 128 Å². The number of esters is 1. The number of hydrogen-bond donors (Lipinski definition) is 0. The molecule has 5 heteroatoms. The molecule has 0 amide bonds. The van der Waals surface area contributed by atoms with Crippen molar-refractivity contribution in [3.8, 4) is 0 Å². The average Bonchev–Trinajstić information content (AvgIpc) is 2.44. The van der Waals surface area contributed by atoms with Crippen molar-refractivity contribution in [2.75, 3.05) is 39.3 Å². The second-order valence-electron chi connectivity index (χ2n) is 4.98. The molecular weight excluding hydrogens is 320 g/mol. The lowest BCUT2D eigenvalue weighted by Crippen LogP contribution is -2.47. The summed E-state index contributed by atoms with van der Waals surface area (Å²) in [5.41, 5.74) is 1.33. The van der Waals surface area contributed by atoms with Crippen LogP contribution in [0.1, 0.15) is 12.5 Å². The summed E-state index contributed by atoms with van der Waals surface area (Å²) in [5.74, 6) is -0.117. The van der Waals surface area contributed by atoms with E-state index in [-0.39, 0.29) is 5.97 Å². The van der Waals surface area contributed by atoms with E-state index in [1.807, 2.05) is 6.92 Å². The first-order valence-electron chi connectivity index (χ1n) is 7.02. The smallest absolute Gasteiger partial charge is 0.320 e. The molecule has 1 heterocycles. The number of rotatable bonds is 5. The van der Waals surface area contributed by atoms with Gasteiger partial charge in [-0.15, -0.1) is 0 Å². The highest BCUT2D eigenvalue weighted by atomic mass is 79.9. The Kier molecular flexibility index (Phi) is 6.01. The molecule has 4 nitrogen and oxygen atoms in total. The molecule has 1 aliphatic rings. The van der Waals surface area contributed by atoms with Gasteiger partial charge in [0.2, 0.25) is 0 Å². The average molecular weight is 341 g/mol. The maximum Gasteiger partial charge on any atom is 0.320 e. The van der Waals surface area contributed by atoms with Crippen LogP contribution in [0.15, 0.2) is 28.7 Å². The van der Waals surface area contributed by atoms with Crippen LogP contribution in [0.2, 0.25) is 0 Å². The number of ether oxygens (including phenoxy) is 1. The predicted octanol–water partition coefficient (Wildman–Crippen LogP) is 2.13. The third-order valence-electron chi connectivity index (χ3n) is 3.44. The fourth-order valence-corrected chi connectivity index (χ4v) is 2.61. The van der Waals surface area contributed by atoms with Crippen LogP contribution in [0.25, 0.3) is 0 Å². The van der Waals surface area contributed by atoms with Gasteiger partial charge in [-0.05, 0) is 24.6 Å². The SMILES string of the molecule is CCOC(=O)CN1CCN(Cc2ccc(Br)cc2)CC1. The highest BCUT2D eigenvalue weighted by Gasteiger charge is 2.19. The second kappa shape index (κ2) is 7.76. The van der Waals surface area contributed by atoms with Crippen LogP contribution in [-0.2, 0) is 16.1 Å². The second-order valence-corrected chi connectivity index (χ2v) is 5.90. The molecule has 110 valence electrons. The minimum absolute atomic E-state index is 0.117. The molecule has 0 atom stereocenters. The van der Waals surface area contributed by atoms with Crippen molar-refractivity contribution in [2.24, 2.45) is 0 Å². The van der Waals surface area contributed by atoms with Gasteiger partial charge in [-0.1, -0.05) is 28.1 Å². The normalized spacial score (nSPS) is 17.1. The summed E-state index contributed by atoms with van der Waals surface area (Å²) >= 11 is 3.45. The topological polar surface area (TPSA) is 32.8 Å². The summed E-state index contributed by atoms with van der Waals surface area (Å²) in [6.07, 6.45) is 0. The first kappa shape index (κ1) is 15.5. The van der Waals surface area contributed by atoms with Gasteiger partial charge in [0, 0.05) is 37.2 Å². The summed E-state index contributed by atoms with van der Waals surface area (Å²) in [6.45, 7) is 7.53. The molecule has 0 radical (unpaired) electrons. The van der Waals surface area contributed by atoms with Crippen molar-refractivity contribution in [1.82, 2.24) is 9.80 Å². The van der Waals surface area contributed by atoms with Gasteiger partial charge in [-0.3, -0.25) is 14.6 Å². The van der Waals surface area contributed by atoms with Gasteiger partial charge >= 0.3 is 5.97 Å². The van der Waals surface area contributed by atoms with Crippen LogP contribution >= 0.6 is 15.9 Å². The molecule has 1 fully saturated rings. The monoisotopic (exact) mass is 340 g/mol. The number of carbonyl (C=O) groups excluding carboxylic acids is 1. The van der Waals surface area contributed by atoms with Gasteiger partial charge in [0.05, 0.1) is 13.2 Å². The Morgan fingerprint density at radius 3 is 2.35 bits per heavy atom. The van der Waals surface area contributed by atoms with Crippen LogP contribution in [-0.4, -0.2) is 55.1 Å². The zero-order valence-corrected chi connectivity index (χ0v) is 13.4. The van der Waals surface area contributed by atoms with E-state index in [1.165, 1.54) is 5.56 Å². The molecule has 1 aromatic carbocycles. The Morgan fingerprint density at radius 1 is 1.15 bits per heavy atom. The number of benzene rings is 1. The lowest BCUT2D eigenvalue weighted by atomic mass is 10.2. The van der Waals surface area contributed by atoms with Gasteiger partial charge in [-0.2, -0.15) is 0 Å². The Balaban J connectivity index is 1.74. The van der Waals surface area contributed by atoms with Crippen LogP contribution in [0, 0.1) is 0 Å². The number of hydrogen-bond acceptors (Lipinski definition) is 4. The van der Waals surface area contributed by atoms with Crippen molar-refractivity contribution in [2.45, 2.75) is 13.5 Å². The van der Waals surface area contributed by atoms with Crippen molar-refractivity contribution in [3.63, 3.8) is 0 Å². The van der Waals surface area contributed by atoms with Crippen molar-refractivity contribution in [3.05, 3.63) is 34.3 Å². The molecule has 20 heavy (non-hydrogen) atoms. The first-order valence-corrected chi connectivity index (χ1v) is 7.81. The minimum atomic E-state index is -0.117. The number of carbonyl (C=O) groups is 1. The van der Waals surface area contributed by atoms with Gasteiger partial charge in [-0.25, -0.2) is 0 Å². The lowest BCUT2D eigenvalue weighted by Gasteiger charge is -2.34. The van der Waals surface area contributed by atoms with E-state index in [2.05, 4.69) is 50.0 Å². The summed E-state index contributed by atoms with van der Waals surface area (Å²) < 4.78 is 6.09. The molecular formula is C15H21BrN2O2. The molecule has 0 unspecified atom stereocenters. The molecule has 0 bridgehead atoms. The highest BCUT2D eigenvalue weighted by Crippen LogP contribution is 2.13. The van der Waals surface area contributed by atoms with E-state index in [0.717, 1.165) is 37.2 Å². The van der Waals surface area contributed by atoms with Gasteiger partial charge in [0.25, 0.3) is 0 Å². The fraction of sp³-hybridized carbons (Fsp3) is 0.533. The van der Waals surface area contributed by atoms with Crippen LogP contribution in [0.3, 0.4) is 0 Å². The zero-order valence-electron chi connectivity index (χ0n) is 11.8. The standard InChI is InChI=1S/C15H21BrN2O2/c1-2-20-15(19)12-18-9-7-17(8-10-18)11-13-3-5-14(16)6-4-13/h3-6H,2,7-12H2,1H3. The Hall–Kier alpha value is -0.910. The van der Waals surface area contributed by atoms with E-state index in [1.54, 1.807) is 0 Å². The van der Waals surface area contributed by atoms with E-state index in [0.29, 0.717) is 13.2 Å². The van der Waals surface area contributed by atoms with Crippen molar-refractivity contribution in [1.29, 1.82) is 0 Å². The van der Waals surface area contributed by atoms with E-state index < -0.39 is 0 Å². The van der Waals surface area contributed by atoms with E-state index >= 15 is 0 Å². The molecule has 0 aliphatic carbocycles. The summed E-state index contributed by atoms with van der Waals surface area (Å²) in [6, 6.07) is 8.45. The quantitative estimate of drug-likeness (QED) is 0.769. The first-order chi connectivity index (χ1) is 9.67. The molecule has 0 aromatic heterocycles. The van der Waals surface area contributed by atoms with Crippen LogP contribution in [0.4, 0.5) is 0 Å². The van der Waals surface area contributed by atoms with E-state index in [4.69, 9.17) is 4.74 Å². The molecule has 1 saturated heterocycles. The molecule has 0 spiro atoms. The van der Waals surface area contributed by atoms with Gasteiger partial charge < -0.3 is 4.74 Å². The predicted molar refractivity (Wildman–Crippen MR) is 82.5 cm³/mol. The molecule has 2 rings (SSSR count). The Bertz CT molecular complexity index is 428. The van der Waals surface area contributed by atoms with Crippen molar-refractivity contribution >= 4 is 21.9 Å². The number of halogens is 1. The highest BCUT2D eigenvalue weighted by molar-refractivity contribution is 9.10. The minimum Gasteiger partial charge on any atom is -0.465 e. The maximum atomic E-state index is 11.4. The van der Waals surface area contributed by atoms with E-state index in [9.17, 15) is 4.79 Å². The van der Waals surface area contributed by atoms with Crippen LogP contribution in [0.5, 0.6) is 0 Å². The Morgan fingerprint density at radius 2 is 1.75 bits per heavy atom.